The van der Waals surface area contributed by atoms with Crippen molar-refractivity contribution in [1.29, 1.82) is 0 Å². The van der Waals surface area contributed by atoms with Gasteiger partial charge in [0.1, 0.15) is 5.56 Å². The Morgan fingerprint density at radius 2 is 2.44 bits per heavy atom. The third-order valence-electron chi connectivity index (χ3n) is 2.64. The second kappa shape index (κ2) is 5.28. The second-order valence-electron chi connectivity index (χ2n) is 3.79. The summed E-state index contributed by atoms with van der Waals surface area (Å²) in [5.74, 6) is -0.506. The molecule has 2 aromatic heterocycles. The summed E-state index contributed by atoms with van der Waals surface area (Å²) in [6.07, 6.45) is 3.45. The van der Waals surface area contributed by atoms with Crippen LogP contribution in [0, 0.1) is 0 Å². The van der Waals surface area contributed by atoms with Gasteiger partial charge in [0.25, 0.3) is 11.5 Å². The zero-order chi connectivity index (χ0) is 13.1. The van der Waals surface area contributed by atoms with Crippen molar-refractivity contribution in [2.45, 2.75) is 19.4 Å². The number of hydrogen-bond donors (Lipinski definition) is 2. The van der Waals surface area contributed by atoms with Crippen molar-refractivity contribution in [1.82, 2.24) is 14.7 Å². The van der Waals surface area contributed by atoms with Crippen LogP contribution in [-0.4, -0.2) is 33.0 Å². The van der Waals surface area contributed by atoms with Gasteiger partial charge in [-0.3, -0.25) is 14.0 Å². The van der Waals surface area contributed by atoms with Gasteiger partial charge in [0, 0.05) is 17.8 Å². The predicted octanol–water partition coefficient (Wildman–Crippen LogP) is 0.257. The number of carbonyl (C=O) groups excluding carboxylic acids is 1. The van der Waals surface area contributed by atoms with E-state index in [9.17, 15) is 9.59 Å². The predicted molar refractivity (Wildman–Crippen MR) is 68.0 cm³/mol. The van der Waals surface area contributed by atoms with Crippen LogP contribution < -0.4 is 10.9 Å². The Morgan fingerprint density at radius 3 is 3.11 bits per heavy atom. The molecule has 0 fully saturated rings. The number of aliphatic hydroxyl groups excluding tert-OH is 1. The summed E-state index contributed by atoms with van der Waals surface area (Å²) >= 11 is 1.32. The van der Waals surface area contributed by atoms with Crippen molar-refractivity contribution in [3.63, 3.8) is 0 Å². The number of nitrogens with one attached hydrogen (secondary N) is 1. The molecule has 0 aromatic carbocycles. The van der Waals surface area contributed by atoms with Gasteiger partial charge in [0.15, 0.2) is 4.96 Å². The largest absolute Gasteiger partial charge is 0.394 e. The maximum atomic E-state index is 12.0. The number of hydrogen-bond acceptors (Lipinski definition) is 5. The van der Waals surface area contributed by atoms with E-state index in [0.717, 1.165) is 0 Å². The summed E-state index contributed by atoms with van der Waals surface area (Å²) in [6.45, 7) is 1.69. The quantitative estimate of drug-likeness (QED) is 0.832. The zero-order valence-electron chi connectivity index (χ0n) is 9.79. The summed E-state index contributed by atoms with van der Waals surface area (Å²) < 4.78 is 1.33. The van der Waals surface area contributed by atoms with Crippen LogP contribution in [0.5, 0.6) is 0 Å². The molecule has 96 valence electrons. The smallest absolute Gasteiger partial charge is 0.271 e. The molecule has 1 atom stereocenters. The molecule has 0 spiro atoms. The molecular formula is C11H13N3O3S. The second-order valence-corrected chi connectivity index (χ2v) is 4.67. The first kappa shape index (κ1) is 12.7. The van der Waals surface area contributed by atoms with E-state index in [1.165, 1.54) is 21.9 Å². The number of thiazole rings is 1. The molecule has 2 aromatic rings. The molecule has 0 unspecified atom stereocenters. The van der Waals surface area contributed by atoms with E-state index in [1.54, 1.807) is 11.6 Å². The lowest BCUT2D eigenvalue weighted by molar-refractivity contribution is 0.0913. The molecule has 0 aliphatic heterocycles. The highest BCUT2D eigenvalue weighted by Gasteiger charge is 2.16. The lowest BCUT2D eigenvalue weighted by atomic mass is 10.2. The van der Waals surface area contributed by atoms with Crippen LogP contribution in [0.2, 0.25) is 0 Å². The van der Waals surface area contributed by atoms with Gasteiger partial charge < -0.3 is 10.4 Å². The Labute approximate surface area is 107 Å². The topological polar surface area (TPSA) is 83.7 Å². The van der Waals surface area contributed by atoms with Crippen molar-refractivity contribution >= 4 is 22.2 Å². The van der Waals surface area contributed by atoms with Crippen molar-refractivity contribution in [3.8, 4) is 0 Å². The fourth-order valence-electron chi connectivity index (χ4n) is 1.52. The lowest BCUT2D eigenvalue weighted by Gasteiger charge is -2.13. The first-order valence-electron chi connectivity index (χ1n) is 5.54. The number of aliphatic hydroxyl groups is 1. The minimum atomic E-state index is -0.506. The summed E-state index contributed by atoms with van der Waals surface area (Å²) in [5, 5.41) is 13.3. The Morgan fingerprint density at radius 1 is 1.67 bits per heavy atom. The molecule has 2 rings (SSSR count). The van der Waals surface area contributed by atoms with Crippen molar-refractivity contribution in [2.75, 3.05) is 6.61 Å². The van der Waals surface area contributed by atoms with E-state index >= 15 is 0 Å². The number of aromatic nitrogens is 2. The molecule has 0 aliphatic rings. The van der Waals surface area contributed by atoms with Gasteiger partial charge in [-0.1, -0.05) is 6.92 Å². The summed E-state index contributed by atoms with van der Waals surface area (Å²) in [6, 6.07) is -0.347. The molecule has 0 bridgehead atoms. The molecule has 0 saturated carbocycles. The zero-order valence-corrected chi connectivity index (χ0v) is 10.6. The van der Waals surface area contributed by atoms with Crippen molar-refractivity contribution in [3.05, 3.63) is 33.7 Å². The Kier molecular flexibility index (Phi) is 3.73. The van der Waals surface area contributed by atoms with Gasteiger partial charge in [-0.05, 0) is 6.42 Å². The van der Waals surface area contributed by atoms with E-state index in [4.69, 9.17) is 5.11 Å². The summed E-state index contributed by atoms with van der Waals surface area (Å²) in [7, 11) is 0. The van der Waals surface area contributed by atoms with E-state index in [0.29, 0.717) is 11.4 Å². The van der Waals surface area contributed by atoms with Gasteiger partial charge in [0.05, 0.1) is 12.6 Å². The average Bonchev–Trinajstić information content (AvgIpc) is 2.85. The van der Waals surface area contributed by atoms with E-state index < -0.39 is 11.5 Å². The number of fused-ring (bicyclic) bond motifs is 1. The Hall–Kier alpha value is -1.73. The SMILES string of the molecule is CC[C@@H](CO)NC(=O)c1cnc2sccn2c1=O. The molecule has 2 heterocycles. The van der Waals surface area contributed by atoms with Crippen molar-refractivity contribution < 1.29 is 9.90 Å². The minimum Gasteiger partial charge on any atom is -0.394 e. The fourth-order valence-corrected chi connectivity index (χ4v) is 2.20. The molecule has 2 N–H and O–H groups in total. The number of rotatable bonds is 4. The van der Waals surface area contributed by atoms with Gasteiger partial charge in [-0.15, -0.1) is 11.3 Å². The molecule has 0 saturated heterocycles. The highest BCUT2D eigenvalue weighted by molar-refractivity contribution is 7.15. The summed E-state index contributed by atoms with van der Waals surface area (Å²) in [5.41, 5.74) is -0.413. The van der Waals surface area contributed by atoms with Crippen LogP contribution >= 0.6 is 11.3 Å². The van der Waals surface area contributed by atoms with Gasteiger partial charge in [-0.25, -0.2) is 4.98 Å². The third-order valence-corrected chi connectivity index (χ3v) is 3.41. The highest BCUT2D eigenvalue weighted by atomic mass is 32.1. The number of amides is 1. The van der Waals surface area contributed by atoms with Crippen LogP contribution in [-0.2, 0) is 0 Å². The first-order valence-corrected chi connectivity index (χ1v) is 6.42. The molecule has 1 amide bonds. The van der Waals surface area contributed by atoms with Crippen LogP contribution in [0.4, 0.5) is 0 Å². The lowest BCUT2D eigenvalue weighted by Crippen LogP contribution is -2.39. The first-order chi connectivity index (χ1) is 8.67. The fraction of sp³-hybridized carbons (Fsp3) is 0.364. The van der Waals surface area contributed by atoms with Gasteiger partial charge in [-0.2, -0.15) is 0 Å². The van der Waals surface area contributed by atoms with E-state index in [2.05, 4.69) is 10.3 Å². The minimum absolute atomic E-state index is 0.0159. The molecule has 18 heavy (non-hydrogen) atoms. The highest BCUT2D eigenvalue weighted by Crippen LogP contribution is 2.05. The molecular weight excluding hydrogens is 254 g/mol. The average molecular weight is 267 g/mol. The summed E-state index contributed by atoms with van der Waals surface area (Å²) in [4.78, 5) is 28.5. The maximum absolute atomic E-state index is 12.0. The Balaban J connectivity index is 2.33. The van der Waals surface area contributed by atoms with Crippen LogP contribution in [0.25, 0.3) is 4.96 Å². The number of carbonyl (C=O) groups is 1. The number of nitrogens with zero attached hydrogens (tertiary/aromatic N) is 2. The van der Waals surface area contributed by atoms with Crippen LogP contribution in [0.1, 0.15) is 23.7 Å². The van der Waals surface area contributed by atoms with Gasteiger partial charge >= 0.3 is 0 Å². The molecule has 6 nitrogen and oxygen atoms in total. The van der Waals surface area contributed by atoms with E-state index in [-0.39, 0.29) is 18.2 Å². The van der Waals surface area contributed by atoms with Crippen molar-refractivity contribution in [2.24, 2.45) is 0 Å². The Bertz CT molecular complexity index is 615. The standard InChI is InChI=1S/C11H13N3O3S/c1-2-7(6-15)13-9(16)8-5-12-11-14(10(8)17)3-4-18-11/h3-5,7,15H,2,6H2,1H3,(H,13,16)/t7-/m0/s1. The van der Waals surface area contributed by atoms with E-state index in [1.807, 2.05) is 6.92 Å². The molecule has 7 heteroatoms. The van der Waals surface area contributed by atoms with Crippen LogP contribution in [0.3, 0.4) is 0 Å². The monoisotopic (exact) mass is 267 g/mol. The normalized spacial score (nSPS) is 12.6. The van der Waals surface area contributed by atoms with Gasteiger partial charge in [0.2, 0.25) is 0 Å². The molecule has 0 radical (unpaired) electrons. The molecule has 0 aliphatic carbocycles. The van der Waals surface area contributed by atoms with Crippen LogP contribution in [0.15, 0.2) is 22.6 Å². The maximum Gasteiger partial charge on any atom is 0.271 e. The third kappa shape index (κ3) is 2.27.